The van der Waals surface area contributed by atoms with Crippen molar-refractivity contribution in [1.29, 1.82) is 0 Å². The van der Waals surface area contributed by atoms with Gasteiger partial charge < -0.3 is 14.2 Å². The number of fused-ring (bicyclic) bond motifs is 1. The predicted molar refractivity (Wildman–Crippen MR) is 101 cm³/mol. The second-order valence-electron chi connectivity index (χ2n) is 5.89. The van der Waals surface area contributed by atoms with Crippen LogP contribution in [0, 0.1) is 0 Å². The Bertz CT molecular complexity index is 1120. The predicted octanol–water partition coefficient (Wildman–Crippen LogP) is 1.99. The number of benzene rings is 2. The highest BCUT2D eigenvalue weighted by Gasteiger charge is 2.20. The third kappa shape index (κ3) is 3.57. The number of esters is 1. The van der Waals surface area contributed by atoms with Crippen molar-refractivity contribution in [2.75, 3.05) is 20.8 Å². The lowest BCUT2D eigenvalue weighted by Gasteiger charge is -2.11. The first-order chi connectivity index (χ1) is 13.5. The van der Waals surface area contributed by atoms with Gasteiger partial charge in [0, 0.05) is 18.5 Å². The smallest absolute Gasteiger partial charge is 0.359 e. The van der Waals surface area contributed by atoms with Crippen LogP contribution >= 0.6 is 0 Å². The van der Waals surface area contributed by atoms with Gasteiger partial charge in [0.1, 0.15) is 11.5 Å². The van der Waals surface area contributed by atoms with Crippen LogP contribution in [0.3, 0.4) is 0 Å². The molecule has 0 spiro atoms. The van der Waals surface area contributed by atoms with Crippen LogP contribution in [0.4, 0.5) is 0 Å². The molecule has 144 valence electrons. The summed E-state index contributed by atoms with van der Waals surface area (Å²) in [7, 11) is 4.37. The summed E-state index contributed by atoms with van der Waals surface area (Å²) in [4.78, 5) is 37.1. The van der Waals surface area contributed by atoms with Gasteiger partial charge in [-0.2, -0.15) is 5.10 Å². The van der Waals surface area contributed by atoms with Crippen LogP contribution in [0.2, 0.25) is 0 Å². The largest absolute Gasteiger partial charge is 0.497 e. The summed E-state index contributed by atoms with van der Waals surface area (Å²) in [5, 5.41) is 4.69. The Labute approximate surface area is 160 Å². The van der Waals surface area contributed by atoms with Crippen LogP contribution in [0.5, 0.6) is 11.5 Å². The fourth-order valence-electron chi connectivity index (χ4n) is 2.76. The molecule has 8 nitrogen and oxygen atoms in total. The minimum atomic E-state index is -0.798. The van der Waals surface area contributed by atoms with Crippen molar-refractivity contribution < 1.29 is 23.8 Å². The number of ether oxygens (including phenoxy) is 3. The second kappa shape index (κ2) is 7.91. The van der Waals surface area contributed by atoms with Crippen molar-refractivity contribution in [3.05, 3.63) is 64.1 Å². The van der Waals surface area contributed by atoms with Crippen LogP contribution in [0.1, 0.15) is 20.8 Å². The van der Waals surface area contributed by atoms with Crippen LogP contribution in [0.25, 0.3) is 10.8 Å². The molecule has 0 aliphatic heterocycles. The highest BCUT2D eigenvalue weighted by Crippen LogP contribution is 2.25. The third-order valence-corrected chi connectivity index (χ3v) is 4.19. The Morgan fingerprint density at radius 2 is 1.75 bits per heavy atom. The van der Waals surface area contributed by atoms with E-state index in [9.17, 15) is 14.4 Å². The molecule has 3 aromatic rings. The van der Waals surface area contributed by atoms with Gasteiger partial charge in [-0.25, -0.2) is 9.48 Å². The van der Waals surface area contributed by atoms with E-state index < -0.39 is 18.4 Å². The summed E-state index contributed by atoms with van der Waals surface area (Å²) < 4.78 is 16.5. The summed E-state index contributed by atoms with van der Waals surface area (Å²) in [6, 6.07) is 11.3. The molecule has 0 saturated heterocycles. The molecule has 0 aliphatic carbocycles. The minimum absolute atomic E-state index is 0.0350. The first-order valence-electron chi connectivity index (χ1n) is 8.34. The summed E-state index contributed by atoms with van der Waals surface area (Å²) >= 11 is 0. The number of aryl methyl sites for hydroxylation is 1. The molecule has 0 saturated carbocycles. The molecule has 0 aliphatic rings. The zero-order valence-electron chi connectivity index (χ0n) is 15.6. The van der Waals surface area contributed by atoms with Gasteiger partial charge >= 0.3 is 5.97 Å². The van der Waals surface area contributed by atoms with Crippen molar-refractivity contribution in [2.24, 2.45) is 7.05 Å². The van der Waals surface area contributed by atoms with Gasteiger partial charge in [-0.3, -0.25) is 9.59 Å². The number of carbonyl (C=O) groups is 2. The first-order valence-corrected chi connectivity index (χ1v) is 8.34. The van der Waals surface area contributed by atoms with E-state index in [1.165, 1.54) is 27.3 Å². The lowest BCUT2D eigenvalue weighted by Crippen LogP contribution is -2.24. The number of aromatic nitrogens is 2. The van der Waals surface area contributed by atoms with Crippen LogP contribution < -0.4 is 15.0 Å². The summed E-state index contributed by atoms with van der Waals surface area (Å²) in [5.41, 5.74) is -0.104. The molecule has 8 heteroatoms. The number of hydrogen-bond acceptors (Lipinski definition) is 7. The molecule has 2 aromatic carbocycles. The lowest BCUT2D eigenvalue weighted by molar-refractivity contribution is 0.0468. The van der Waals surface area contributed by atoms with Gasteiger partial charge in [-0.15, -0.1) is 0 Å². The fraction of sp³-hybridized carbons (Fsp3) is 0.200. The maximum Gasteiger partial charge on any atom is 0.359 e. The molecule has 3 rings (SSSR count). The fourth-order valence-corrected chi connectivity index (χ4v) is 2.76. The van der Waals surface area contributed by atoms with Crippen LogP contribution in [0.15, 0.2) is 47.3 Å². The van der Waals surface area contributed by atoms with Gasteiger partial charge in [0.25, 0.3) is 5.56 Å². The first kappa shape index (κ1) is 19.1. The van der Waals surface area contributed by atoms with Crippen molar-refractivity contribution in [1.82, 2.24) is 9.78 Å². The molecule has 1 heterocycles. The number of Topliss-reactive ketones (excluding diaryl/α,β-unsaturated/α-hetero) is 1. The average Bonchev–Trinajstić information content (AvgIpc) is 2.73. The van der Waals surface area contributed by atoms with Crippen molar-refractivity contribution >= 4 is 22.5 Å². The molecule has 1 aromatic heterocycles. The molecule has 0 atom stereocenters. The van der Waals surface area contributed by atoms with E-state index in [-0.39, 0.29) is 16.8 Å². The normalized spacial score (nSPS) is 10.5. The Hall–Kier alpha value is -3.68. The molecule has 0 fully saturated rings. The van der Waals surface area contributed by atoms with Gasteiger partial charge in [0.2, 0.25) is 5.78 Å². The Morgan fingerprint density at radius 1 is 1.04 bits per heavy atom. The van der Waals surface area contributed by atoms with Crippen molar-refractivity contribution in [3.8, 4) is 11.5 Å². The maximum absolute atomic E-state index is 12.5. The molecule has 0 radical (unpaired) electrons. The second-order valence-corrected chi connectivity index (χ2v) is 5.89. The molecule has 28 heavy (non-hydrogen) atoms. The monoisotopic (exact) mass is 382 g/mol. The van der Waals surface area contributed by atoms with E-state index in [1.54, 1.807) is 36.4 Å². The highest BCUT2D eigenvalue weighted by molar-refractivity contribution is 6.04. The number of carbonyl (C=O) groups excluding carboxylic acids is 2. The summed E-state index contributed by atoms with van der Waals surface area (Å²) in [6.07, 6.45) is 0. The molecule has 0 unspecified atom stereocenters. The van der Waals surface area contributed by atoms with E-state index in [4.69, 9.17) is 14.2 Å². The van der Waals surface area contributed by atoms with Gasteiger partial charge in [0.05, 0.1) is 25.2 Å². The summed E-state index contributed by atoms with van der Waals surface area (Å²) in [5.74, 6) is -0.396. The van der Waals surface area contributed by atoms with E-state index in [2.05, 4.69) is 5.10 Å². The van der Waals surface area contributed by atoms with E-state index in [0.717, 1.165) is 4.68 Å². The van der Waals surface area contributed by atoms with Gasteiger partial charge in [-0.05, 0) is 18.2 Å². The maximum atomic E-state index is 12.5. The van der Waals surface area contributed by atoms with E-state index >= 15 is 0 Å². The van der Waals surface area contributed by atoms with Crippen molar-refractivity contribution in [3.63, 3.8) is 0 Å². The molecular formula is C20H18N2O6. The quantitative estimate of drug-likeness (QED) is 0.475. The Morgan fingerprint density at radius 3 is 2.43 bits per heavy atom. The molecule has 0 amide bonds. The number of hydrogen-bond donors (Lipinski definition) is 0. The zero-order valence-corrected chi connectivity index (χ0v) is 15.6. The average molecular weight is 382 g/mol. The van der Waals surface area contributed by atoms with Crippen LogP contribution in [-0.2, 0) is 11.8 Å². The van der Waals surface area contributed by atoms with Gasteiger partial charge in [0.15, 0.2) is 12.3 Å². The number of rotatable bonds is 6. The Kier molecular flexibility index (Phi) is 5.39. The molecule has 0 N–H and O–H groups in total. The summed E-state index contributed by atoms with van der Waals surface area (Å²) in [6.45, 7) is -0.500. The topological polar surface area (TPSA) is 96.7 Å². The van der Waals surface area contributed by atoms with E-state index in [1.807, 2.05) is 0 Å². The molecule has 0 bridgehead atoms. The van der Waals surface area contributed by atoms with E-state index in [0.29, 0.717) is 22.3 Å². The third-order valence-electron chi connectivity index (χ3n) is 4.19. The van der Waals surface area contributed by atoms with Crippen molar-refractivity contribution in [2.45, 2.75) is 0 Å². The number of nitrogens with zero attached hydrogens (tertiary/aromatic N) is 2. The SMILES string of the molecule is COc1ccc(C(=O)COC(=O)c2nn(C)c(=O)c3ccccc23)c(OC)c1. The number of methoxy groups -OCH3 is 2. The minimum Gasteiger partial charge on any atom is -0.497 e. The highest BCUT2D eigenvalue weighted by atomic mass is 16.5. The number of ketones is 1. The Balaban J connectivity index is 1.84. The standard InChI is InChI=1S/C20H18N2O6/c1-22-19(24)14-7-5-4-6-13(14)18(21-22)20(25)28-11-16(23)15-9-8-12(26-2)10-17(15)27-3/h4-10H,11H2,1-3H3. The molecular weight excluding hydrogens is 364 g/mol. The lowest BCUT2D eigenvalue weighted by atomic mass is 10.1. The van der Waals surface area contributed by atoms with Gasteiger partial charge in [-0.1, -0.05) is 18.2 Å². The van der Waals surface area contributed by atoms with Crippen LogP contribution in [-0.4, -0.2) is 42.4 Å². The zero-order chi connectivity index (χ0) is 20.3.